The Balaban J connectivity index is 1.63. The first kappa shape index (κ1) is 27.7. The number of aromatic hydroxyl groups is 4. The summed E-state index contributed by atoms with van der Waals surface area (Å²) in [4.78, 5) is 9.89. The van der Waals surface area contributed by atoms with Crippen molar-refractivity contribution in [2.45, 2.75) is 0 Å². The first-order chi connectivity index (χ1) is 20.4. The Kier molecular flexibility index (Phi) is 8.56. The van der Waals surface area contributed by atoms with Crippen LogP contribution in [0.25, 0.3) is 48.6 Å². The Labute approximate surface area is 243 Å². The van der Waals surface area contributed by atoms with Gasteiger partial charge < -0.3 is 20.4 Å². The second-order valence-electron chi connectivity index (χ2n) is 9.48. The molecule has 0 aliphatic carbocycles. The summed E-state index contributed by atoms with van der Waals surface area (Å²) in [6, 6.07) is 27.6. The number of aromatic nitrogens is 2. The molecule has 6 heteroatoms. The maximum Gasteiger partial charge on any atom is 0.116 e. The van der Waals surface area contributed by atoms with Gasteiger partial charge in [0.05, 0.1) is 22.8 Å². The van der Waals surface area contributed by atoms with Crippen molar-refractivity contribution in [1.82, 2.24) is 9.97 Å². The molecule has 4 aromatic carbocycles. The van der Waals surface area contributed by atoms with Gasteiger partial charge in [-0.15, -0.1) is 0 Å². The monoisotopic (exact) mass is 552 g/mol. The Morgan fingerprint density at radius 2 is 0.571 bits per heavy atom. The minimum atomic E-state index is 0.161. The number of hydrogen-bond acceptors (Lipinski definition) is 6. The fourth-order valence-corrected chi connectivity index (χ4v) is 4.19. The van der Waals surface area contributed by atoms with Crippen LogP contribution in [0.2, 0.25) is 0 Å². The highest BCUT2D eigenvalue weighted by molar-refractivity contribution is 5.81. The summed E-state index contributed by atoms with van der Waals surface area (Å²) in [5, 5.41) is 39.6. The van der Waals surface area contributed by atoms with Gasteiger partial charge in [0.1, 0.15) is 23.0 Å². The number of phenolic OH excluding ortho intramolecular Hbond substituents is 4. The first-order valence-corrected chi connectivity index (χ1v) is 13.2. The van der Waals surface area contributed by atoms with Crippen LogP contribution in [0.15, 0.2) is 97.1 Å². The predicted molar refractivity (Wildman–Crippen MR) is 170 cm³/mol. The lowest BCUT2D eigenvalue weighted by atomic mass is 10.1. The summed E-state index contributed by atoms with van der Waals surface area (Å²) in [5.74, 6) is 0.646. The summed E-state index contributed by atoms with van der Waals surface area (Å²) < 4.78 is 0. The van der Waals surface area contributed by atoms with Gasteiger partial charge in [0.15, 0.2) is 0 Å². The highest BCUT2D eigenvalue weighted by atomic mass is 16.3. The van der Waals surface area contributed by atoms with E-state index in [1.165, 1.54) is 0 Å². The molecule has 0 radical (unpaired) electrons. The van der Waals surface area contributed by atoms with Gasteiger partial charge in [-0.25, -0.2) is 9.97 Å². The van der Waals surface area contributed by atoms with E-state index in [2.05, 4.69) is 0 Å². The second-order valence-corrected chi connectivity index (χ2v) is 9.48. The molecule has 0 atom stereocenters. The maximum absolute atomic E-state index is 9.90. The van der Waals surface area contributed by atoms with Crippen molar-refractivity contribution >= 4 is 48.6 Å². The van der Waals surface area contributed by atoms with Crippen LogP contribution in [0.3, 0.4) is 0 Å². The lowest BCUT2D eigenvalue weighted by Gasteiger charge is -2.08. The molecule has 0 aliphatic rings. The molecule has 1 heterocycles. The fraction of sp³-hybridized carbons (Fsp3) is 0. The van der Waals surface area contributed by atoms with Crippen molar-refractivity contribution < 1.29 is 20.4 Å². The maximum atomic E-state index is 9.90. The lowest BCUT2D eigenvalue weighted by molar-refractivity contribution is 0.474. The molecule has 206 valence electrons. The third kappa shape index (κ3) is 7.61. The molecule has 0 saturated heterocycles. The van der Waals surface area contributed by atoms with Crippen LogP contribution in [0.1, 0.15) is 45.0 Å². The van der Waals surface area contributed by atoms with E-state index in [-0.39, 0.29) is 23.0 Å². The smallest absolute Gasteiger partial charge is 0.116 e. The highest BCUT2D eigenvalue weighted by Gasteiger charge is 2.09. The normalized spacial score (nSPS) is 11.8. The number of rotatable bonds is 8. The zero-order chi connectivity index (χ0) is 29.3. The molecule has 0 fully saturated rings. The lowest BCUT2D eigenvalue weighted by Crippen LogP contribution is -1.99. The fourth-order valence-electron chi connectivity index (χ4n) is 4.19. The molecule has 5 rings (SSSR count). The minimum Gasteiger partial charge on any atom is -0.508 e. The van der Waals surface area contributed by atoms with Crippen molar-refractivity contribution in [2.75, 3.05) is 0 Å². The van der Waals surface area contributed by atoms with Gasteiger partial charge in [-0.1, -0.05) is 72.8 Å². The third-order valence-corrected chi connectivity index (χ3v) is 6.22. The summed E-state index contributed by atoms with van der Waals surface area (Å²) in [6.07, 6.45) is 14.7. The van der Waals surface area contributed by atoms with E-state index in [4.69, 9.17) is 9.97 Å². The van der Waals surface area contributed by atoms with Crippen LogP contribution in [-0.2, 0) is 0 Å². The van der Waals surface area contributed by atoms with E-state index < -0.39 is 0 Å². The van der Waals surface area contributed by atoms with Crippen LogP contribution >= 0.6 is 0 Å². The standard InChI is InChI=1S/C36H28N2O4/c39-29-9-1-5-25(21-29)13-17-33-34(18-14-26-6-2-10-30(40)22-26)38-36(20-16-28-8-4-12-32(42)24-28)35(37-33)19-15-27-7-3-11-31(41)23-27/h1-24,39-42H/b17-13+,18-14+,19-15+,20-16+. The van der Waals surface area contributed by atoms with Gasteiger partial charge >= 0.3 is 0 Å². The summed E-state index contributed by atoms with van der Waals surface area (Å²) in [5.41, 5.74) is 5.52. The van der Waals surface area contributed by atoms with Crippen LogP contribution in [0.4, 0.5) is 0 Å². The van der Waals surface area contributed by atoms with Crippen molar-refractivity contribution in [3.63, 3.8) is 0 Å². The Hall–Kier alpha value is -5.88. The van der Waals surface area contributed by atoms with Crippen LogP contribution < -0.4 is 0 Å². The number of nitrogens with zero attached hydrogens (tertiary/aromatic N) is 2. The van der Waals surface area contributed by atoms with Crippen molar-refractivity contribution in [2.24, 2.45) is 0 Å². The Morgan fingerprint density at radius 3 is 0.786 bits per heavy atom. The minimum absolute atomic E-state index is 0.161. The first-order valence-electron chi connectivity index (χ1n) is 13.2. The quantitative estimate of drug-likeness (QED) is 0.155. The molecule has 0 aliphatic heterocycles. The van der Waals surface area contributed by atoms with Gasteiger partial charge in [0, 0.05) is 0 Å². The van der Waals surface area contributed by atoms with E-state index in [1.807, 2.05) is 72.9 Å². The third-order valence-electron chi connectivity index (χ3n) is 6.22. The Bertz CT molecular complexity index is 1570. The SMILES string of the molecule is Oc1cccc(/C=C/c2nc(/C=C/c3cccc(O)c3)c(/C=C/c3cccc(O)c3)nc2/C=C/c2cccc(O)c2)c1. The molecular weight excluding hydrogens is 524 g/mol. The van der Waals surface area contributed by atoms with E-state index in [9.17, 15) is 20.4 Å². The van der Waals surface area contributed by atoms with Crippen molar-refractivity contribution in [3.05, 3.63) is 142 Å². The van der Waals surface area contributed by atoms with Crippen molar-refractivity contribution in [3.8, 4) is 23.0 Å². The van der Waals surface area contributed by atoms with Gasteiger partial charge in [0.2, 0.25) is 0 Å². The summed E-state index contributed by atoms with van der Waals surface area (Å²) in [7, 11) is 0. The average Bonchev–Trinajstić information content (AvgIpc) is 2.97. The van der Waals surface area contributed by atoms with E-state index in [0.717, 1.165) is 22.3 Å². The number of hydrogen-bond donors (Lipinski definition) is 4. The van der Waals surface area contributed by atoms with E-state index in [1.54, 1.807) is 72.8 Å². The molecule has 0 unspecified atom stereocenters. The van der Waals surface area contributed by atoms with Crippen LogP contribution in [-0.4, -0.2) is 30.4 Å². The molecule has 0 bridgehead atoms. The average molecular weight is 553 g/mol. The van der Waals surface area contributed by atoms with Gasteiger partial charge in [-0.3, -0.25) is 0 Å². The summed E-state index contributed by atoms with van der Waals surface area (Å²) in [6.45, 7) is 0. The molecule has 0 amide bonds. The van der Waals surface area contributed by atoms with E-state index >= 15 is 0 Å². The Morgan fingerprint density at radius 1 is 0.333 bits per heavy atom. The van der Waals surface area contributed by atoms with Gasteiger partial charge in [0.25, 0.3) is 0 Å². The van der Waals surface area contributed by atoms with Gasteiger partial charge in [-0.2, -0.15) is 0 Å². The van der Waals surface area contributed by atoms with Crippen molar-refractivity contribution in [1.29, 1.82) is 0 Å². The number of benzene rings is 4. The molecule has 1 aromatic heterocycles. The second kappa shape index (κ2) is 13.0. The molecule has 5 aromatic rings. The zero-order valence-corrected chi connectivity index (χ0v) is 22.5. The molecule has 6 nitrogen and oxygen atoms in total. The summed E-state index contributed by atoms with van der Waals surface area (Å²) >= 11 is 0. The number of phenols is 4. The molecule has 0 saturated carbocycles. The topological polar surface area (TPSA) is 107 Å². The van der Waals surface area contributed by atoms with Crippen LogP contribution in [0, 0.1) is 0 Å². The molecule has 0 spiro atoms. The molecular formula is C36H28N2O4. The molecule has 42 heavy (non-hydrogen) atoms. The largest absolute Gasteiger partial charge is 0.508 e. The highest BCUT2D eigenvalue weighted by Crippen LogP contribution is 2.23. The van der Waals surface area contributed by atoms with E-state index in [0.29, 0.717) is 22.8 Å². The van der Waals surface area contributed by atoms with Crippen LogP contribution in [0.5, 0.6) is 23.0 Å². The van der Waals surface area contributed by atoms with Gasteiger partial charge in [-0.05, 0) is 95.1 Å². The predicted octanol–water partition coefficient (Wildman–Crippen LogP) is 7.98. The zero-order valence-electron chi connectivity index (χ0n) is 22.5. The molecule has 4 N–H and O–H groups in total.